The van der Waals surface area contributed by atoms with Gasteiger partial charge in [-0.25, -0.2) is 4.98 Å². The molecular weight excluding hydrogens is 280 g/mol. The van der Waals surface area contributed by atoms with Gasteiger partial charge in [0.2, 0.25) is 0 Å². The van der Waals surface area contributed by atoms with Crippen LogP contribution in [0.3, 0.4) is 0 Å². The number of para-hydroxylation sites is 2. The van der Waals surface area contributed by atoms with Crippen LogP contribution < -0.4 is 10.6 Å². The molecule has 0 aliphatic rings. The van der Waals surface area contributed by atoms with E-state index in [-0.39, 0.29) is 5.69 Å². The van der Waals surface area contributed by atoms with Crippen molar-refractivity contribution in [2.75, 3.05) is 11.9 Å². The van der Waals surface area contributed by atoms with E-state index in [4.69, 9.17) is 5.73 Å². The topological polar surface area (TPSA) is 89.9 Å². The lowest BCUT2D eigenvalue weighted by Gasteiger charge is -2.17. The second-order valence-electron chi connectivity index (χ2n) is 5.07. The van der Waals surface area contributed by atoms with E-state index in [0.29, 0.717) is 12.4 Å². The molecule has 0 radical (unpaired) electrons. The average molecular weight is 296 g/mol. The monoisotopic (exact) mass is 296 g/mol. The number of nitrogens with two attached hydrogens (primary N) is 1. The van der Waals surface area contributed by atoms with E-state index in [1.807, 2.05) is 43.3 Å². The molecule has 3 aromatic rings. The molecular formula is C15H16N6O. The van der Waals surface area contributed by atoms with Crippen LogP contribution in [-0.4, -0.2) is 32.7 Å². The molecule has 0 aliphatic carbocycles. The number of benzene rings is 1. The van der Waals surface area contributed by atoms with Crippen molar-refractivity contribution < 1.29 is 4.79 Å². The molecule has 0 bridgehead atoms. The molecule has 2 N–H and O–H groups in total. The van der Waals surface area contributed by atoms with Crippen molar-refractivity contribution in [3.63, 3.8) is 0 Å². The first-order valence-electron chi connectivity index (χ1n) is 6.81. The molecule has 1 amide bonds. The molecule has 0 atom stereocenters. The molecule has 0 saturated carbocycles. The highest BCUT2D eigenvalue weighted by Crippen LogP contribution is 2.17. The minimum atomic E-state index is -0.586. The van der Waals surface area contributed by atoms with E-state index in [1.54, 1.807) is 12.1 Å². The minimum Gasteiger partial charge on any atom is -0.364 e. The van der Waals surface area contributed by atoms with Crippen LogP contribution in [-0.2, 0) is 13.6 Å². The summed E-state index contributed by atoms with van der Waals surface area (Å²) in [6.07, 6.45) is 0. The van der Waals surface area contributed by atoms with Gasteiger partial charge in [0.1, 0.15) is 5.82 Å². The lowest BCUT2D eigenvalue weighted by Crippen LogP contribution is -2.21. The van der Waals surface area contributed by atoms with Gasteiger partial charge < -0.3 is 15.2 Å². The van der Waals surface area contributed by atoms with Gasteiger partial charge >= 0.3 is 0 Å². The van der Waals surface area contributed by atoms with Crippen molar-refractivity contribution in [3.8, 4) is 0 Å². The van der Waals surface area contributed by atoms with Crippen molar-refractivity contribution in [2.45, 2.75) is 6.54 Å². The third kappa shape index (κ3) is 2.48. The lowest BCUT2D eigenvalue weighted by molar-refractivity contribution is 0.0994. The number of hydrogen-bond acceptors (Lipinski definition) is 5. The highest BCUT2D eigenvalue weighted by atomic mass is 16.1. The zero-order valence-electron chi connectivity index (χ0n) is 12.4. The Morgan fingerprint density at radius 3 is 2.64 bits per heavy atom. The van der Waals surface area contributed by atoms with E-state index in [0.717, 1.165) is 16.9 Å². The van der Waals surface area contributed by atoms with Gasteiger partial charge in [-0.2, -0.15) is 0 Å². The number of fused-ring (bicyclic) bond motifs is 1. The van der Waals surface area contributed by atoms with Crippen LogP contribution in [0.5, 0.6) is 0 Å². The van der Waals surface area contributed by atoms with Gasteiger partial charge in [-0.15, -0.1) is 10.2 Å². The fraction of sp³-hybridized carbons (Fsp3) is 0.200. The third-order valence-electron chi connectivity index (χ3n) is 3.55. The van der Waals surface area contributed by atoms with Gasteiger partial charge in [-0.05, 0) is 24.3 Å². The standard InChI is InChI=1S/C15H16N6O/c1-20(13-8-7-11(15(16)22)18-19-13)9-14-17-10-5-3-4-6-12(10)21(14)2/h3-8H,9H2,1-2H3,(H2,16,22). The quantitative estimate of drug-likeness (QED) is 0.778. The molecule has 0 saturated heterocycles. The number of carbonyl (C=O) groups is 1. The normalized spacial score (nSPS) is 10.8. The van der Waals surface area contributed by atoms with E-state index in [1.165, 1.54) is 0 Å². The van der Waals surface area contributed by atoms with E-state index in [9.17, 15) is 4.79 Å². The number of rotatable bonds is 4. The van der Waals surface area contributed by atoms with Crippen molar-refractivity contribution in [2.24, 2.45) is 12.8 Å². The van der Waals surface area contributed by atoms with E-state index >= 15 is 0 Å². The Hall–Kier alpha value is -2.96. The van der Waals surface area contributed by atoms with Crippen molar-refractivity contribution in [1.29, 1.82) is 0 Å². The molecule has 3 rings (SSSR count). The molecule has 7 heteroatoms. The maximum atomic E-state index is 11.0. The van der Waals surface area contributed by atoms with Crippen LogP contribution in [0, 0.1) is 0 Å². The maximum Gasteiger partial charge on any atom is 0.269 e. The number of carbonyl (C=O) groups excluding carboxylic acids is 1. The summed E-state index contributed by atoms with van der Waals surface area (Å²) in [5.41, 5.74) is 7.36. The Morgan fingerprint density at radius 1 is 1.23 bits per heavy atom. The second-order valence-corrected chi connectivity index (χ2v) is 5.07. The maximum absolute atomic E-state index is 11.0. The van der Waals surface area contributed by atoms with Gasteiger partial charge in [-0.1, -0.05) is 12.1 Å². The molecule has 22 heavy (non-hydrogen) atoms. The predicted octanol–water partition coefficient (Wildman–Crippen LogP) is 1.10. The third-order valence-corrected chi connectivity index (χ3v) is 3.55. The number of hydrogen-bond donors (Lipinski definition) is 1. The van der Waals surface area contributed by atoms with Gasteiger partial charge in [-0.3, -0.25) is 4.79 Å². The van der Waals surface area contributed by atoms with Gasteiger partial charge in [0.05, 0.1) is 17.6 Å². The smallest absolute Gasteiger partial charge is 0.269 e. The van der Waals surface area contributed by atoms with E-state index in [2.05, 4.69) is 19.7 Å². The fourth-order valence-corrected chi connectivity index (χ4v) is 2.29. The summed E-state index contributed by atoms with van der Waals surface area (Å²) in [7, 11) is 3.88. The number of aryl methyl sites for hydroxylation is 1. The zero-order valence-corrected chi connectivity index (χ0v) is 12.4. The predicted molar refractivity (Wildman–Crippen MR) is 83.4 cm³/mol. The van der Waals surface area contributed by atoms with Gasteiger partial charge in [0, 0.05) is 14.1 Å². The Kier molecular flexibility index (Phi) is 3.46. The molecule has 0 unspecified atom stereocenters. The molecule has 0 fully saturated rings. The van der Waals surface area contributed by atoms with Crippen LogP contribution in [0.4, 0.5) is 5.82 Å². The molecule has 2 heterocycles. The van der Waals surface area contributed by atoms with E-state index < -0.39 is 5.91 Å². The first-order chi connectivity index (χ1) is 10.6. The summed E-state index contributed by atoms with van der Waals surface area (Å²) in [6, 6.07) is 11.3. The molecule has 1 aromatic carbocycles. The number of nitrogens with zero attached hydrogens (tertiary/aromatic N) is 5. The first-order valence-corrected chi connectivity index (χ1v) is 6.81. The SMILES string of the molecule is CN(Cc1nc2ccccc2n1C)c1ccc(C(N)=O)nn1. The van der Waals surface area contributed by atoms with Gasteiger partial charge in [0.25, 0.3) is 5.91 Å². The summed E-state index contributed by atoms with van der Waals surface area (Å²) in [6.45, 7) is 0.579. The van der Waals surface area contributed by atoms with Crippen molar-refractivity contribution in [1.82, 2.24) is 19.7 Å². The summed E-state index contributed by atoms with van der Waals surface area (Å²) < 4.78 is 2.05. The average Bonchev–Trinajstić information content (AvgIpc) is 2.84. The number of primary amides is 1. The van der Waals surface area contributed by atoms with Crippen LogP contribution in [0.1, 0.15) is 16.3 Å². The van der Waals surface area contributed by atoms with Crippen molar-refractivity contribution >= 4 is 22.8 Å². The second kappa shape index (κ2) is 5.44. The Bertz CT molecular complexity index is 824. The molecule has 0 aliphatic heterocycles. The zero-order chi connectivity index (χ0) is 15.7. The number of aromatic nitrogens is 4. The van der Waals surface area contributed by atoms with Crippen LogP contribution >= 0.6 is 0 Å². The molecule has 7 nitrogen and oxygen atoms in total. The summed E-state index contributed by atoms with van der Waals surface area (Å²) >= 11 is 0. The molecule has 112 valence electrons. The summed E-state index contributed by atoms with van der Waals surface area (Å²) in [4.78, 5) is 17.5. The van der Waals surface area contributed by atoms with Crippen LogP contribution in [0.15, 0.2) is 36.4 Å². The Morgan fingerprint density at radius 2 is 2.00 bits per heavy atom. The molecule has 0 spiro atoms. The number of amides is 1. The van der Waals surface area contributed by atoms with Crippen molar-refractivity contribution in [3.05, 3.63) is 47.9 Å². The Labute approximate surface area is 127 Å². The fourth-order valence-electron chi connectivity index (χ4n) is 2.29. The molecule has 2 aromatic heterocycles. The number of anilines is 1. The van der Waals surface area contributed by atoms with Gasteiger partial charge in [0.15, 0.2) is 11.5 Å². The summed E-state index contributed by atoms with van der Waals surface area (Å²) in [5, 5.41) is 7.83. The highest BCUT2D eigenvalue weighted by Gasteiger charge is 2.12. The van der Waals surface area contributed by atoms with Crippen LogP contribution in [0.2, 0.25) is 0 Å². The van der Waals surface area contributed by atoms with Crippen LogP contribution in [0.25, 0.3) is 11.0 Å². The highest BCUT2D eigenvalue weighted by molar-refractivity contribution is 5.90. The minimum absolute atomic E-state index is 0.153. The number of imidazole rings is 1. The lowest BCUT2D eigenvalue weighted by atomic mass is 10.3. The summed E-state index contributed by atoms with van der Waals surface area (Å²) in [5.74, 6) is 0.985. The Balaban J connectivity index is 1.84. The first kappa shape index (κ1) is 14.0. The largest absolute Gasteiger partial charge is 0.364 e.